The van der Waals surface area contributed by atoms with E-state index in [1.165, 1.54) is 11.8 Å². The molecule has 0 saturated heterocycles. The van der Waals surface area contributed by atoms with E-state index in [4.69, 9.17) is 4.74 Å². The topological polar surface area (TPSA) is 58.6 Å². The van der Waals surface area contributed by atoms with Gasteiger partial charge in [-0.2, -0.15) is 0 Å². The minimum absolute atomic E-state index is 0.00990. The van der Waals surface area contributed by atoms with Gasteiger partial charge in [-0.05, 0) is 24.3 Å². The largest absolute Gasteiger partial charge is 0.476 e. The zero-order chi connectivity index (χ0) is 17.3. The second-order valence-electron chi connectivity index (χ2n) is 5.35. The van der Waals surface area contributed by atoms with Gasteiger partial charge in [0.15, 0.2) is 6.10 Å². The normalized spacial score (nSPS) is 16.1. The van der Waals surface area contributed by atoms with Crippen molar-refractivity contribution in [3.63, 3.8) is 0 Å². The number of nitrogens with one attached hydrogen (secondary N) is 1. The lowest BCUT2D eigenvalue weighted by atomic mass is 10.1. The molecule has 0 unspecified atom stereocenters. The molecule has 2 aromatic carbocycles. The summed E-state index contributed by atoms with van der Waals surface area (Å²) in [7, 11) is 0. The van der Waals surface area contributed by atoms with Crippen molar-refractivity contribution in [2.24, 2.45) is 0 Å². The second kappa shape index (κ2) is 6.27. The maximum absolute atomic E-state index is 13.2. The van der Waals surface area contributed by atoms with E-state index >= 15 is 0 Å². The molecule has 1 atom stereocenters. The Labute approximate surface area is 136 Å². The Morgan fingerprint density at radius 3 is 2.50 bits per heavy atom. The fraction of sp³-hybridized carbons (Fsp3) is 0.176. The van der Waals surface area contributed by atoms with Crippen LogP contribution in [0.15, 0.2) is 42.5 Å². The van der Waals surface area contributed by atoms with Crippen molar-refractivity contribution in [2.75, 3.05) is 16.8 Å². The van der Waals surface area contributed by atoms with Gasteiger partial charge in [0.2, 0.25) is 5.91 Å². The van der Waals surface area contributed by atoms with Crippen molar-refractivity contribution >= 4 is 23.2 Å². The summed E-state index contributed by atoms with van der Waals surface area (Å²) in [6.07, 6.45) is -0.991. The third-order valence-corrected chi connectivity index (χ3v) is 3.58. The quantitative estimate of drug-likeness (QED) is 0.920. The van der Waals surface area contributed by atoms with Crippen LogP contribution < -0.4 is 15.0 Å². The molecule has 0 fully saturated rings. The highest BCUT2D eigenvalue weighted by Crippen LogP contribution is 2.33. The Bertz CT molecular complexity index is 790. The van der Waals surface area contributed by atoms with E-state index in [0.717, 1.165) is 12.1 Å². The number of ether oxygens (including phenoxy) is 1. The number of nitrogens with zero attached hydrogens (tertiary/aromatic N) is 1. The van der Waals surface area contributed by atoms with Gasteiger partial charge in [-0.3, -0.25) is 9.59 Å². The highest BCUT2D eigenvalue weighted by atomic mass is 19.1. The first kappa shape index (κ1) is 15.9. The van der Waals surface area contributed by atoms with Gasteiger partial charge in [0.1, 0.15) is 17.4 Å². The lowest BCUT2D eigenvalue weighted by molar-refractivity contribution is -0.123. The van der Waals surface area contributed by atoms with Crippen LogP contribution in [0.2, 0.25) is 0 Å². The molecule has 124 valence electrons. The van der Waals surface area contributed by atoms with E-state index < -0.39 is 23.6 Å². The summed E-state index contributed by atoms with van der Waals surface area (Å²) in [6, 6.07) is 9.55. The predicted octanol–water partition coefficient (Wildman–Crippen LogP) is 2.72. The number of amides is 2. The predicted molar refractivity (Wildman–Crippen MR) is 83.9 cm³/mol. The average Bonchev–Trinajstić information content (AvgIpc) is 2.52. The van der Waals surface area contributed by atoms with Crippen molar-refractivity contribution in [1.29, 1.82) is 0 Å². The van der Waals surface area contributed by atoms with Crippen molar-refractivity contribution in [1.82, 2.24) is 0 Å². The zero-order valence-corrected chi connectivity index (χ0v) is 12.8. The summed E-state index contributed by atoms with van der Waals surface area (Å²) < 4.78 is 32.0. The number of hydrogen-bond donors (Lipinski definition) is 1. The molecular weight excluding hydrogens is 318 g/mol. The number of fused-ring (bicyclic) bond motifs is 1. The van der Waals surface area contributed by atoms with Crippen molar-refractivity contribution in [3.05, 3.63) is 54.1 Å². The number of carbonyl (C=O) groups is 2. The van der Waals surface area contributed by atoms with Gasteiger partial charge in [-0.1, -0.05) is 12.1 Å². The Morgan fingerprint density at radius 2 is 1.83 bits per heavy atom. The molecule has 2 amide bonds. The summed E-state index contributed by atoms with van der Waals surface area (Å²) >= 11 is 0. The summed E-state index contributed by atoms with van der Waals surface area (Å²) in [5.74, 6) is -2.04. The number of hydrogen-bond acceptors (Lipinski definition) is 3. The van der Waals surface area contributed by atoms with Crippen LogP contribution in [0.4, 0.5) is 20.2 Å². The van der Waals surface area contributed by atoms with Gasteiger partial charge in [-0.15, -0.1) is 0 Å². The fourth-order valence-corrected chi connectivity index (χ4v) is 2.52. The maximum atomic E-state index is 13.2. The molecule has 5 nitrogen and oxygen atoms in total. The molecule has 1 aliphatic rings. The molecule has 0 radical (unpaired) electrons. The number of halogens is 2. The summed E-state index contributed by atoms with van der Waals surface area (Å²) in [6.45, 7) is 1.40. The molecule has 7 heteroatoms. The van der Waals surface area contributed by atoms with Gasteiger partial charge in [0.05, 0.1) is 12.2 Å². The van der Waals surface area contributed by atoms with E-state index in [1.54, 1.807) is 24.3 Å². The molecule has 0 spiro atoms. The van der Waals surface area contributed by atoms with Gasteiger partial charge in [-0.25, -0.2) is 8.78 Å². The van der Waals surface area contributed by atoms with Crippen molar-refractivity contribution < 1.29 is 23.1 Å². The van der Waals surface area contributed by atoms with E-state index in [2.05, 4.69) is 5.32 Å². The standard InChI is InChI=1S/C17H14F2N2O3/c1-10(22)21-9-16(24-15-5-3-2-4-14(15)21)17(23)20-13-7-11(18)6-12(19)8-13/h2-8,16H,9H2,1H3,(H,20,23)/t16-/m0/s1. The van der Waals surface area contributed by atoms with Gasteiger partial charge >= 0.3 is 0 Å². The number of rotatable bonds is 2. The third-order valence-electron chi connectivity index (χ3n) is 3.58. The average molecular weight is 332 g/mol. The Kier molecular flexibility index (Phi) is 4.16. The Hall–Kier alpha value is -2.96. The summed E-state index contributed by atoms with van der Waals surface area (Å²) in [4.78, 5) is 25.6. The molecule has 0 aromatic heterocycles. The van der Waals surface area contributed by atoms with Crippen LogP contribution >= 0.6 is 0 Å². The molecular formula is C17H14F2N2O3. The summed E-state index contributed by atoms with van der Waals surface area (Å²) in [5.41, 5.74) is 0.556. The van der Waals surface area contributed by atoms with E-state index in [-0.39, 0.29) is 18.1 Å². The van der Waals surface area contributed by atoms with Crippen LogP contribution in [0, 0.1) is 11.6 Å². The zero-order valence-electron chi connectivity index (χ0n) is 12.8. The Morgan fingerprint density at radius 1 is 1.17 bits per heavy atom. The Balaban J connectivity index is 1.82. The molecule has 1 aliphatic heterocycles. The first-order valence-electron chi connectivity index (χ1n) is 7.25. The lowest BCUT2D eigenvalue weighted by Gasteiger charge is -2.33. The van der Waals surface area contributed by atoms with Crippen LogP contribution in [-0.2, 0) is 9.59 Å². The van der Waals surface area contributed by atoms with Crippen molar-refractivity contribution in [2.45, 2.75) is 13.0 Å². The van der Waals surface area contributed by atoms with Crippen LogP contribution in [-0.4, -0.2) is 24.5 Å². The lowest BCUT2D eigenvalue weighted by Crippen LogP contribution is -2.48. The number of carbonyl (C=O) groups excluding carboxylic acids is 2. The smallest absolute Gasteiger partial charge is 0.267 e. The molecule has 0 aliphatic carbocycles. The molecule has 2 aromatic rings. The number of anilines is 2. The molecule has 0 bridgehead atoms. The van der Waals surface area contributed by atoms with Gasteiger partial charge in [0, 0.05) is 18.7 Å². The minimum atomic E-state index is -0.991. The van der Waals surface area contributed by atoms with Crippen LogP contribution in [0.5, 0.6) is 5.75 Å². The number of para-hydroxylation sites is 2. The van der Waals surface area contributed by atoms with E-state index in [0.29, 0.717) is 17.5 Å². The molecule has 24 heavy (non-hydrogen) atoms. The minimum Gasteiger partial charge on any atom is -0.476 e. The molecule has 0 saturated carbocycles. The molecule has 1 N–H and O–H groups in total. The first-order chi connectivity index (χ1) is 11.4. The van der Waals surface area contributed by atoms with Crippen molar-refractivity contribution in [3.8, 4) is 5.75 Å². The first-order valence-corrected chi connectivity index (χ1v) is 7.25. The summed E-state index contributed by atoms with van der Waals surface area (Å²) in [5, 5.41) is 2.40. The van der Waals surface area contributed by atoms with Crippen LogP contribution in [0.25, 0.3) is 0 Å². The highest BCUT2D eigenvalue weighted by molar-refractivity contribution is 5.99. The fourth-order valence-electron chi connectivity index (χ4n) is 2.52. The van der Waals surface area contributed by atoms with Gasteiger partial charge in [0.25, 0.3) is 5.91 Å². The highest BCUT2D eigenvalue weighted by Gasteiger charge is 2.32. The van der Waals surface area contributed by atoms with Crippen LogP contribution in [0.1, 0.15) is 6.92 Å². The number of benzene rings is 2. The van der Waals surface area contributed by atoms with Gasteiger partial charge < -0.3 is 15.0 Å². The van der Waals surface area contributed by atoms with E-state index in [1.807, 2.05) is 0 Å². The second-order valence-corrected chi connectivity index (χ2v) is 5.35. The molecule has 1 heterocycles. The maximum Gasteiger partial charge on any atom is 0.267 e. The monoisotopic (exact) mass is 332 g/mol. The molecule has 3 rings (SSSR count). The third kappa shape index (κ3) is 3.19. The SMILES string of the molecule is CC(=O)N1C[C@@H](C(=O)Nc2cc(F)cc(F)c2)Oc2ccccc21. The van der Waals surface area contributed by atoms with E-state index in [9.17, 15) is 18.4 Å². The van der Waals surface area contributed by atoms with Crippen LogP contribution in [0.3, 0.4) is 0 Å².